The minimum absolute atomic E-state index is 0.120. The molecule has 2 aromatic rings. The highest BCUT2D eigenvalue weighted by Gasteiger charge is 2.29. The number of amides is 1. The van der Waals surface area contributed by atoms with E-state index in [9.17, 15) is 10.1 Å². The molecule has 0 saturated heterocycles. The number of hydrogen-bond donors (Lipinski definition) is 0. The van der Waals surface area contributed by atoms with E-state index in [1.807, 2.05) is 12.1 Å². The predicted molar refractivity (Wildman–Crippen MR) is 99.2 cm³/mol. The molecule has 0 spiro atoms. The number of ether oxygens (including phenoxy) is 2. The molecule has 1 aliphatic heterocycles. The van der Waals surface area contributed by atoms with Crippen molar-refractivity contribution in [2.75, 3.05) is 26.2 Å². The number of methoxy groups -OCH3 is 2. The second-order valence-electron chi connectivity index (χ2n) is 5.97. The summed E-state index contributed by atoms with van der Waals surface area (Å²) >= 11 is 0. The number of likely N-dealkylation sites (N-methyl/N-ethyl adjacent to an activating group) is 1. The highest BCUT2D eigenvalue weighted by Crippen LogP contribution is 2.37. The van der Waals surface area contributed by atoms with Crippen LogP contribution in [-0.4, -0.2) is 38.9 Å². The van der Waals surface area contributed by atoms with Crippen molar-refractivity contribution >= 4 is 17.3 Å². The number of fused-ring (bicyclic) bond motifs is 1. The van der Waals surface area contributed by atoms with Crippen LogP contribution < -0.4 is 14.4 Å². The molecule has 0 N–H and O–H groups in total. The van der Waals surface area contributed by atoms with E-state index in [-0.39, 0.29) is 5.91 Å². The molecule has 3 rings (SSSR count). The molecule has 6 nitrogen and oxygen atoms in total. The zero-order valence-electron chi connectivity index (χ0n) is 15.1. The maximum atomic E-state index is 12.7. The third kappa shape index (κ3) is 2.88. The van der Waals surface area contributed by atoms with Crippen LogP contribution >= 0.6 is 0 Å². The third-order valence-electron chi connectivity index (χ3n) is 4.39. The van der Waals surface area contributed by atoms with Crippen LogP contribution in [0.15, 0.2) is 41.4 Å². The lowest BCUT2D eigenvalue weighted by Crippen LogP contribution is -2.33. The number of carbonyl (C=O) groups is 1. The first-order valence-electron chi connectivity index (χ1n) is 8.12. The average molecular weight is 349 g/mol. The van der Waals surface area contributed by atoms with Gasteiger partial charge in [-0.05, 0) is 25.1 Å². The Labute approximate surface area is 152 Å². The van der Waals surface area contributed by atoms with Crippen LogP contribution in [0.25, 0.3) is 0 Å². The summed E-state index contributed by atoms with van der Waals surface area (Å²) in [4.78, 5) is 18.9. The first kappa shape index (κ1) is 17.5. The first-order chi connectivity index (χ1) is 12.5. The van der Waals surface area contributed by atoms with Gasteiger partial charge in [-0.2, -0.15) is 5.26 Å². The van der Waals surface area contributed by atoms with Gasteiger partial charge in [0.05, 0.1) is 37.3 Å². The van der Waals surface area contributed by atoms with Gasteiger partial charge in [-0.25, -0.2) is 0 Å². The van der Waals surface area contributed by atoms with Gasteiger partial charge in [-0.1, -0.05) is 12.1 Å². The number of nitrogens with zero attached hydrogens (tertiary/aromatic N) is 3. The van der Waals surface area contributed by atoms with Crippen LogP contribution in [0.5, 0.6) is 11.5 Å². The van der Waals surface area contributed by atoms with E-state index in [2.05, 4.69) is 11.1 Å². The molecule has 6 heteroatoms. The van der Waals surface area contributed by atoms with E-state index < -0.39 is 6.04 Å². The van der Waals surface area contributed by atoms with Crippen molar-refractivity contribution in [1.82, 2.24) is 0 Å². The van der Waals surface area contributed by atoms with Crippen molar-refractivity contribution in [3.8, 4) is 17.6 Å². The Morgan fingerprint density at radius 2 is 1.85 bits per heavy atom. The molecule has 2 aromatic carbocycles. The molecule has 0 saturated carbocycles. The maximum absolute atomic E-state index is 12.7. The number of aliphatic imine (C=N–C) groups is 1. The lowest BCUT2D eigenvalue weighted by molar-refractivity contribution is -0.119. The minimum atomic E-state index is -0.551. The van der Waals surface area contributed by atoms with Crippen molar-refractivity contribution in [1.29, 1.82) is 5.26 Å². The number of hydrogen-bond acceptors (Lipinski definition) is 5. The topological polar surface area (TPSA) is 74.9 Å². The summed E-state index contributed by atoms with van der Waals surface area (Å²) in [7, 11) is 4.83. The van der Waals surface area contributed by atoms with Gasteiger partial charge in [0.1, 0.15) is 6.04 Å². The molecule has 0 bridgehead atoms. The summed E-state index contributed by atoms with van der Waals surface area (Å²) < 4.78 is 10.8. The van der Waals surface area contributed by atoms with Gasteiger partial charge >= 0.3 is 0 Å². The molecule has 1 unspecified atom stereocenters. The van der Waals surface area contributed by atoms with E-state index in [1.54, 1.807) is 57.4 Å². The third-order valence-corrected chi connectivity index (χ3v) is 4.39. The van der Waals surface area contributed by atoms with Gasteiger partial charge in [-0.15, -0.1) is 0 Å². The predicted octanol–water partition coefficient (Wildman–Crippen LogP) is 2.78. The molecular formula is C20H19N3O3. The van der Waals surface area contributed by atoms with Gasteiger partial charge in [0, 0.05) is 24.2 Å². The Balaban J connectivity index is 2.31. The normalized spacial score (nSPS) is 16.3. The first-order valence-corrected chi connectivity index (χ1v) is 8.12. The summed E-state index contributed by atoms with van der Waals surface area (Å²) in [6.45, 7) is 1.76. The van der Waals surface area contributed by atoms with E-state index in [4.69, 9.17) is 9.47 Å². The Morgan fingerprint density at radius 1 is 1.15 bits per heavy atom. The quantitative estimate of drug-likeness (QED) is 0.854. The smallest absolute Gasteiger partial charge is 0.251 e. The number of carbonyl (C=O) groups excluding carboxylic acids is 1. The Hall–Kier alpha value is -3.33. The second-order valence-corrected chi connectivity index (χ2v) is 5.97. The molecule has 0 fully saturated rings. The zero-order valence-corrected chi connectivity index (χ0v) is 15.1. The maximum Gasteiger partial charge on any atom is 0.251 e. The van der Waals surface area contributed by atoms with Crippen LogP contribution in [0.1, 0.15) is 23.6 Å². The lowest BCUT2D eigenvalue weighted by atomic mass is 9.98. The lowest BCUT2D eigenvalue weighted by Gasteiger charge is -2.21. The monoisotopic (exact) mass is 349 g/mol. The average Bonchev–Trinajstić information content (AvgIpc) is 2.77. The van der Waals surface area contributed by atoms with Crippen LogP contribution in [-0.2, 0) is 4.79 Å². The molecule has 0 aliphatic carbocycles. The van der Waals surface area contributed by atoms with E-state index in [0.29, 0.717) is 28.5 Å². The van der Waals surface area contributed by atoms with Gasteiger partial charge in [0.15, 0.2) is 11.5 Å². The number of benzene rings is 2. The molecule has 26 heavy (non-hydrogen) atoms. The molecule has 0 aromatic heterocycles. The SMILES string of the molecule is COc1cc2c(cc1OC)N(C)C(=O)C(C)N=C2c1cccc(C#N)c1. The fourth-order valence-corrected chi connectivity index (χ4v) is 3.02. The number of anilines is 1. The minimum Gasteiger partial charge on any atom is -0.493 e. The number of nitriles is 1. The van der Waals surface area contributed by atoms with Gasteiger partial charge in [0.2, 0.25) is 0 Å². The van der Waals surface area contributed by atoms with Crippen LogP contribution in [0.3, 0.4) is 0 Å². The molecule has 1 amide bonds. The van der Waals surface area contributed by atoms with E-state index in [1.165, 1.54) is 0 Å². The fourth-order valence-electron chi connectivity index (χ4n) is 3.02. The summed E-state index contributed by atoms with van der Waals surface area (Å²) in [5.74, 6) is 0.960. The number of rotatable bonds is 3. The van der Waals surface area contributed by atoms with Crippen molar-refractivity contribution in [3.05, 3.63) is 53.1 Å². The molecule has 1 heterocycles. The standard InChI is InChI=1S/C20H19N3O3/c1-12-20(24)23(2)16-10-18(26-4)17(25-3)9-15(16)19(22-12)14-7-5-6-13(8-14)11-21/h5-10,12H,1-4H3. The van der Waals surface area contributed by atoms with Gasteiger partial charge < -0.3 is 14.4 Å². The molecule has 132 valence electrons. The fraction of sp³-hybridized carbons (Fsp3) is 0.250. The molecule has 1 aliphatic rings. The Bertz CT molecular complexity index is 944. The summed E-state index contributed by atoms with van der Waals surface area (Å²) in [5.41, 5.74) is 3.37. The van der Waals surface area contributed by atoms with Crippen LogP contribution in [0, 0.1) is 11.3 Å². The van der Waals surface area contributed by atoms with Crippen LogP contribution in [0.4, 0.5) is 5.69 Å². The van der Waals surface area contributed by atoms with Gasteiger partial charge in [0.25, 0.3) is 5.91 Å². The summed E-state index contributed by atoms with van der Waals surface area (Å²) in [6, 6.07) is 12.4. The van der Waals surface area contributed by atoms with Crippen molar-refractivity contribution in [2.45, 2.75) is 13.0 Å². The van der Waals surface area contributed by atoms with Crippen molar-refractivity contribution in [2.24, 2.45) is 4.99 Å². The van der Waals surface area contributed by atoms with E-state index in [0.717, 1.165) is 11.1 Å². The van der Waals surface area contributed by atoms with E-state index >= 15 is 0 Å². The van der Waals surface area contributed by atoms with Crippen molar-refractivity contribution < 1.29 is 14.3 Å². The second kappa shape index (κ2) is 6.89. The molecular weight excluding hydrogens is 330 g/mol. The Kier molecular flexibility index (Phi) is 4.63. The summed E-state index contributed by atoms with van der Waals surface area (Å²) in [5, 5.41) is 9.21. The van der Waals surface area contributed by atoms with Crippen LogP contribution in [0.2, 0.25) is 0 Å². The van der Waals surface area contributed by atoms with Crippen molar-refractivity contribution in [3.63, 3.8) is 0 Å². The van der Waals surface area contributed by atoms with Gasteiger partial charge in [-0.3, -0.25) is 9.79 Å². The highest BCUT2D eigenvalue weighted by molar-refractivity contribution is 6.20. The largest absolute Gasteiger partial charge is 0.493 e. The Morgan fingerprint density at radius 3 is 2.50 bits per heavy atom. The number of benzodiazepines with no additional fused rings is 1. The summed E-state index contributed by atoms with van der Waals surface area (Å²) in [6.07, 6.45) is 0. The highest BCUT2D eigenvalue weighted by atomic mass is 16.5. The molecule has 1 atom stereocenters. The zero-order chi connectivity index (χ0) is 18.8. The molecule has 0 radical (unpaired) electrons.